The van der Waals surface area contributed by atoms with Gasteiger partial charge in [0.1, 0.15) is 11.6 Å². The van der Waals surface area contributed by atoms with Crippen LogP contribution in [-0.2, 0) is 6.54 Å². The number of hydrogen-bond donors (Lipinski definition) is 2. The first-order valence-corrected chi connectivity index (χ1v) is 9.21. The van der Waals surface area contributed by atoms with Gasteiger partial charge >= 0.3 is 0 Å². The zero-order valence-electron chi connectivity index (χ0n) is 14.5. The number of carbonyl (C=O) groups excluding carboxylic acids is 1. The average Bonchev–Trinajstić information content (AvgIpc) is 3.10. The Morgan fingerprint density at radius 3 is 2.96 bits per heavy atom. The molecule has 3 heterocycles. The van der Waals surface area contributed by atoms with E-state index in [1.807, 2.05) is 11.4 Å². The Morgan fingerprint density at radius 1 is 1.41 bits per heavy atom. The van der Waals surface area contributed by atoms with E-state index in [0.717, 1.165) is 0 Å². The lowest BCUT2D eigenvalue weighted by molar-refractivity contribution is 0.00567. The maximum atomic E-state index is 13.6. The number of carbonyl (C=O) groups is 1. The molecule has 0 unspecified atom stereocenters. The number of likely N-dealkylation sites (tertiary alicyclic amines) is 1. The van der Waals surface area contributed by atoms with Gasteiger partial charge in [0.05, 0.1) is 23.4 Å². The molecule has 0 bridgehead atoms. The molecule has 0 aliphatic carbocycles. The van der Waals surface area contributed by atoms with Gasteiger partial charge in [-0.1, -0.05) is 0 Å². The normalized spacial score (nSPS) is 14.3. The van der Waals surface area contributed by atoms with E-state index in [0.29, 0.717) is 40.3 Å². The molecule has 0 radical (unpaired) electrons. The fourth-order valence-electron chi connectivity index (χ4n) is 2.88. The number of hydrogen-bond acceptors (Lipinski definition) is 7. The number of nitrogens with one attached hydrogen (secondary N) is 1. The highest BCUT2D eigenvalue weighted by Crippen LogP contribution is 2.26. The summed E-state index contributed by atoms with van der Waals surface area (Å²) < 4.78 is 19.4. The highest BCUT2D eigenvalue weighted by Gasteiger charge is 2.31. The number of thiophene rings is 1. The lowest BCUT2D eigenvalue weighted by Gasteiger charge is -2.35. The molecular formula is C18H17FN4O3S. The maximum absolute atomic E-state index is 13.6. The van der Waals surface area contributed by atoms with E-state index < -0.39 is 11.9 Å². The molecule has 140 valence electrons. The van der Waals surface area contributed by atoms with Gasteiger partial charge in [0.25, 0.3) is 5.91 Å². The number of methoxy groups -OCH3 is 1. The number of rotatable bonds is 5. The van der Waals surface area contributed by atoms with Gasteiger partial charge in [0.15, 0.2) is 5.69 Å². The Morgan fingerprint density at radius 2 is 2.22 bits per heavy atom. The number of nitrogens with zero attached hydrogens (tertiary/aromatic N) is 3. The van der Waals surface area contributed by atoms with E-state index in [1.54, 1.807) is 11.0 Å². The second-order valence-corrected chi connectivity index (χ2v) is 7.16. The molecular weight excluding hydrogens is 371 g/mol. The van der Waals surface area contributed by atoms with Crippen LogP contribution in [0.5, 0.6) is 5.75 Å². The van der Waals surface area contributed by atoms with Crippen molar-refractivity contribution in [1.82, 2.24) is 14.9 Å². The van der Waals surface area contributed by atoms with Gasteiger partial charge in [-0.2, -0.15) is 0 Å². The van der Waals surface area contributed by atoms with Crippen LogP contribution in [-0.4, -0.2) is 52.2 Å². The number of halogens is 1. The third-order valence-corrected chi connectivity index (χ3v) is 5.18. The molecule has 0 atom stereocenters. The summed E-state index contributed by atoms with van der Waals surface area (Å²) in [4.78, 5) is 23.0. The van der Waals surface area contributed by atoms with Crippen molar-refractivity contribution in [3.05, 3.63) is 46.7 Å². The van der Waals surface area contributed by atoms with Gasteiger partial charge in [-0.3, -0.25) is 4.79 Å². The van der Waals surface area contributed by atoms with Crippen LogP contribution in [0.3, 0.4) is 0 Å². The number of β-amino-alcohol motifs (C(OH)–C–C–N with tert-alkyl or cyclic N) is 1. The fourth-order valence-corrected chi connectivity index (χ4v) is 3.69. The summed E-state index contributed by atoms with van der Waals surface area (Å²) in [6.45, 7) is 0.892. The van der Waals surface area contributed by atoms with Crippen molar-refractivity contribution in [3.8, 4) is 5.75 Å². The molecule has 2 aromatic heterocycles. The maximum Gasteiger partial charge on any atom is 0.274 e. The van der Waals surface area contributed by atoms with Crippen molar-refractivity contribution in [2.45, 2.75) is 12.6 Å². The second kappa shape index (κ2) is 7.09. The van der Waals surface area contributed by atoms with Crippen LogP contribution in [0.2, 0.25) is 0 Å². The monoisotopic (exact) mass is 388 g/mol. The summed E-state index contributed by atoms with van der Waals surface area (Å²) in [6, 6.07) is 6.23. The number of anilines is 1. The Balaban J connectivity index is 1.59. The van der Waals surface area contributed by atoms with Crippen molar-refractivity contribution < 1.29 is 19.0 Å². The highest BCUT2D eigenvalue weighted by atomic mass is 32.1. The highest BCUT2D eigenvalue weighted by molar-refractivity contribution is 7.17. The summed E-state index contributed by atoms with van der Waals surface area (Å²) in [5.74, 6) is 0.0833. The standard InChI is InChI=1S/C18H17FN4O3S/c1-26-13-5-10(4-11(19)6-13)7-20-18-21-14-2-3-27-16(14)15(22-18)17(25)23-8-12(24)9-23/h2-6,12,24H,7-9H2,1H3,(H,20,21,22). The van der Waals surface area contributed by atoms with E-state index in [9.17, 15) is 14.3 Å². The van der Waals surface area contributed by atoms with Gasteiger partial charge in [0, 0.05) is 25.7 Å². The third-order valence-electron chi connectivity index (χ3n) is 4.27. The minimum Gasteiger partial charge on any atom is -0.497 e. The summed E-state index contributed by atoms with van der Waals surface area (Å²) in [5, 5.41) is 14.3. The number of fused-ring (bicyclic) bond motifs is 1. The molecule has 7 nitrogen and oxygen atoms in total. The Bertz CT molecular complexity index is 1000. The minimum atomic E-state index is -0.477. The molecule has 1 amide bonds. The summed E-state index contributed by atoms with van der Waals surface area (Å²) in [5.41, 5.74) is 1.64. The first kappa shape index (κ1) is 17.6. The smallest absolute Gasteiger partial charge is 0.274 e. The van der Waals surface area contributed by atoms with Crippen molar-refractivity contribution in [2.75, 3.05) is 25.5 Å². The SMILES string of the molecule is COc1cc(F)cc(CNc2nc(C(=O)N3CC(O)C3)c3sccc3n2)c1. The molecule has 1 aromatic carbocycles. The van der Waals surface area contributed by atoms with Crippen molar-refractivity contribution in [3.63, 3.8) is 0 Å². The average molecular weight is 388 g/mol. The molecule has 2 N–H and O–H groups in total. The first-order chi connectivity index (χ1) is 13.0. The minimum absolute atomic E-state index is 0.231. The van der Waals surface area contributed by atoms with E-state index in [2.05, 4.69) is 15.3 Å². The van der Waals surface area contributed by atoms with Crippen LogP contribution < -0.4 is 10.1 Å². The van der Waals surface area contributed by atoms with Gasteiger partial charge < -0.3 is 20.1 Å². The molecule has 4 rings (SSSR count). The van der Waals surface area contributed by atoms with Gasteiger partial charge in [0.2, 0.25) is 5.95 Å². The number of benzene rings is 1. The number of ether oxygens (including phenoxy) is 1. The quantitative estimate of drug-likeness (QED) is 0.697. The molecule has 1 saturated heterocycles. The predicted octanol–water partition coefficient (Wildman–Crippen LogP) is 2.27. The van der Waals surface area contributed by atoms with Gasteiger partial charge in [-0.15, -0.1) is 11.3 Å². The summed E-state index contributed by atoms with van der Waals surface area (Å²) >= 11 is 1.40. The Kier molecular flexibility index (Phi) is 4.63. The molecule has 27 heavy (non-hydrogen) atoms. The van der Waals surface area contributed by atoms with Gasteiger partial charge in [-0.05, 0) is 29.1 Å². The molecule has 0 saturated carbocycles. The zero-order valence-corrected chi connectivity index (χ0v) is 15.3. The number of aliphatic hydroxyl groups is 1. The Labute approximate surface area is 158 Å². The van der Waals surface area contributed by atoms with Crippen LogP contribution in [0.15, 0.2) is 29.6 Å². The molecule has 1 aliphatic rings. The van der Waals surface area contributed by atoms with Crippen LogP contribution in [0, 0.1) is 5.82 Å². The lowest BCUT2D eigenvalue weighted by atomic mass is 10.1. The van der Waals surface area contributed by atoms with E-state index >= 15 is 0 Å². The van der Waals surface area contributed by atoms with Crippen LogP contribution >= 0.6 is 11.3 Å². The third kappa shape index (κ3) is 3.56. The van der Waals surface area contributed by atoms with Gasteiger partial charge in [-0.25, -0.2) is 14.4 Å². The van der Waals surface area contributed by atoms with Crippen LogP contribution in [0.25, 0.3) is 10.2 Å². The van der Waals surface area contributed by atoms with Crippen LogP contribution in [0.4, 0.5) is 10.3 Å². The number of aromatic nitrogens is 2. The number of aliphatic hydroxyl groups excluding tert-OH is 1. The largest absolute Gasteiger partial charge is 0.497 e. The van der Waals surface area contributed by atoms with Crippen molar-refractivity contribution >= 4 is 33.4 Å². The predicted molar refractivity (Wildman–Crippen MR) is 99.6 cm³/mol. The molecule has 3 aromatic rings. The van der Waals surface area contributed by atoms with Crippen molar-refractivity contribution in [1.29, 1.82) is 0 Å². The molecule has 9 heteroatoms. The molecule has 1 aliphatic heterocycles. The van der Waals surface area contributed by atoms with E-state index in [1.165, 1.54) is 30.6 Å². The van der Waals surface area contributed by atoms with E-state index in [-0.39, 0.29) is 18.4 Å². The second-order valence-electron chi connectivity index (χ2n) is 6.25. The molecule has 1 fully saturated rings. The first-order valence-electron chi connectivity index (χ1n) is 8.33. The van der Waals surface area contributed by atoms with E-state index in [4.69, 9.17) is 4.74 Å². The topological polar surface area (TPSA) is 87.6 Å². The summed E-state index contributed by atoms with van der Waals surface area (Å²) in [6.07, 6.45) is -0.477. The van der Waals surface area contributed by atoms with Crippen molar-refractivity contribution in [2.24, 2.45) is 0 Å². The zero-order chi connectivity index (χ0) is 19.0. The fraction of sp³-hybridized carbons (Fsp3) is 0.278. The number of amides is 1. The lowest BCUT2D eigenvalue weighted by Crippen LogP contribution is -2.53. The van der Waals surface area contributed by atoms with Crippen LogP contribution in [0.1, 0.15) is 16.1 Å². The Hall–Kier alpha value is -2.78. The molecule has 0 spiro atoms. The summed E-state index contributed by atoms with van der Waals surface area (Å²) in [7, 11) is 1.48.